The van der Waals surface area contributed by atoms with Crippen LogP contribution in [0.4, 0.5) is 0 Å². The van der Waals surface area contributed by atoms with Gasteiger partial charge in [-0.2, -0.15) is 0 Å². The molecule has 2 aromatic rings. The summed E-state index contributed by atoms with van der Waals surface area (Å²) >= 11 is 0. The predicted octanol–water partition coefficient (Wildman–Crippen LogP) is 2.48. The Morgan fingerprint density at radius 1 is 1.24 bits per heavy atom. The third kappa shape index (κ3) is 2.49. The van der Waals surface area contributed by atoms with E-state index in [0.29, 0.717) is 0 Å². The van der Waals surface area contributed by atoms with Crippen LogP contribution in [-0.2, 0) is 6.54 Å². The lowest BCUT2D eigenvalue weighted by Gasteiger charge is -2.19. The molecular weight excluding hydrogens is 262 g/mol. The molecule has 110 valence electrons. The second kappa shape index (κ2) is 5.28. The number of likely N-dealkylation sites (N-methyl/N-ethyl adjacent to an activating group) is 1. The SMILES string of the molecule is CN1CC[C@H]2CN(Cc3coc(-c4ccccc4)n3)C[C@H]21. The first kappa shape index (κ1) is 13.0. The lowest BCUT2D eigenvalue weighted by molar-refractivity contribution is 0.254. The topological polar surface area (TPSA) is 32.5 Å². The molecule has 0 bridgehead atoms. The van der Waals surface area contributed by atoms with Crippen molar-refractivity contribution in [3.05, 3.63) is 42.3 Å². The van der Waals surface area contributed by atoms with E-state index in [2.05, 4.69) is 21.8 Å². The molecule has 0 N–H and O–H groups in total. The summed E-state index contributed by atoms with van der Waals surface area (Å²) in [5, 5.41) is 0. The summed E-state index contributed by atoms with van der Waals surface area (Å²) in [6.07, 6.45) is 3.14. The van der Waals surface area contributed by atoms with Crippen molar-refractivity contribution < 1.29 is 4.42 Å². The normalized spacial score (nSPS) is 26.3. The molecule has 21 heavy (non-hydrogen) atoms. The maximum Gasteiger partial charge on any atom is 0.226 e. The van der Waals surface area contributed by atoms with Crippen LogP contribution in [0.25, 0.3) is 11.5 Å². The predicted molar refractivity (Wildman–Crippen MR) is 81.7 cm³/mol. The van der Waals surface area contributed by atoms with E-state index in [4.69, 9.17) is 4.42 Å². The number of aromatic nitrogens is 1. The Morgan fingerprint density at radius 3 is 2.90 bits per heavy atom. The largest absolute Gasteiger partial charge is 0.444 e. The van der Waals surface area contributed by atoms with Crippen molar-refractivity contribution in [1.82, 2.24) is 14.8 Å². The maximum absolute atomic E-state index is 5.63. The zero-order valence-electron chi connectivity index (χ0n) is 12.4. The lowest BCUT2D eigenvalue weighted by Crippen LogP contribution is -2.31. The fraction of sp³-hybridized carbons (Fsp3) is 0.471. The average molecular weight is 283 g/mol. The maximum atomic E-state index is 5.63. The Hall–Kier alpha value is -1.65. The molecule has 0 amide bonds. The third-order valence-electron chi connectivity index (χ3n) is 4.86. The Balaban J connectivity index is 1.44. The van der Waals surface area contributed by atoms with Crippen molar-refractivity contribution in [2.75, 3.05) is 26.7 Å². The van der Waals surface area contributed by atoms with Crippen molar-refractivity contribution >= 4 is 0 Å². The first-order valence-electron chi connectivity index (χ1n) is 7.72. The second-order valence-electron chi connectivity index (χ2n) is 6.30. The van der Waals surface area contributed by atoms with Gasteiger partial charge >= 0.3 is 0 Å². The number of nitrogens with zero attached hydrogens (tertiary/aromatic N) is 3. The van der Waals surface area contributed by atoms with Crippen molar-refractivity contribution in [3.8, 4) is 11.5 Å². The van der Waals surface area contributed by atoms with Gasteiger partial charge < -0.3 is 9.32 Å². The number of benzene rings is 1. The van der Waals surface area contributed by atoms with Gasteiger partial charge in [-0.15, -0.1) is 0 Å². The van der Waals surface area contributed by atoms with Crippen LogP contribution in [0.5, 0.6) is 0 Å². The fourth-order valence-corrected chi connectivity index (χ4v) is 3.71. The molecule has 0 radical (unpaired) electrons. The second-order valence-corrected chi connectivity index (χ2v) is 6.30. The Bertz CT molecular complexity index is 610. The molecule has 2 fully saturated rings. The van der Waals surface area contributed by atoms with Gasteiger partial charge in [0.1, 0.15) is 6.26 Å². The number of fused-ring (bicyclic) bond motifs is 1. The van der Waals surface area contributed by atoms with Gasteiger partial charge in [0.05, 0.1) is 5.69 Å². The smallest absolute Gasteiger partial charge is 0.226 e. The van der Waals surface area contributed by atoms with Crippen LogP contribution in [-0.4, -0.2) is 47.5 Å². The van der Waals surface area contributed by atoms with Crippen LogP contribution >= 0.6 is 0 Å². The molecule has 1 aromatic heterocycles. The van der Waals surface area contributed by atoms with Gasteiger partial charge in [0.2, 0.25) is 5.89 Å². The molecule has 2 atom stereocenters. The van der Waals surface area contributed by atoms with Crippen LogP contribution in [0, 0.1) is 5.92 Å². The summed E-state index contributed by atoms with van der Waals surface area (Å²) in [5.74, 6) is 1.57. The third-order valence-corrected chi connectivity index (χ3v) is 4.86. The molecule has 0 spiro atoms. The number of likely N-dealkylation sites (tertiary alicyclic amines) is 2. The van der Waals surface area contributed by atoms with Gasteiger partial charge in [-0.1, -0.05) is 18.2 Å². The monoisotopic (exact) mass is 283 g/mol. The van der Waals surface area contributed by atoms with E-state index in [9.17, 15) is 0 Å². The van der Waals surface area contributed by atoms with Crippen molar-refractivity contribution in [2.24, 2.45) is 5.92 Å². The summed E-state index contributed by atoms with van der Waals surface area (Å²) in [4.78, 5) is 9.65. The van der Waals surface area contributed by atoms with Crippen LogP contribution in [0.1, 0.15) is 12.1 Å². The van der Waals surface area contributed by atoms with Gasteiger partial charge in [-0.05, 0) is 38.1 Å². The molecule has 4 nitrogen and oxygen atoms in total. The summed E-state index contributed by atoms with van der Waals surface area (Å²) in [6.45, 7) is 4.51. The fourth-order valence-electron chi connectivity index (χ4n) is 3.71. The minimum Gasteiger partial charge on any atom is -0.444 e. The van der Waals surface area contributed by atoms with E-state index < -0.39 is 0 Å². The molecule has 4 heteroatoms. The molecular formula is C17H21N3O. The Morgan fingerprint density at radius 2 is 2.10 bits per heavy atom. The van der Waals surface area contributed by atoms with Gasteiger partial charge in [-0.3, -0.25) is 4.90 Å². The highest BCUT2D eigenvalue weighted by atomic mass is 16.3. The van der Waals surface area contributed by atoms with Crippen LogP contribution in [0.3, 0.4) is 0 Å². The standard InChI is InChI=1S/C17H21N3O/c1-19-8-7-14-9-20(11-16(14)19)10-15-12-21-17(18-15)13-5-3-2-4-6-13/h2-6,12,14,16H,7-11H2,1H3/t14-,16+/m0/s1. The van der Waals surface area contributed by atoms with Crippen LogP contribution in [0.15, 0.2) is 41.0 Å². The molecule has 4 rings (SSSR count). The first-order chi connectivity index (χ1) is 10.3. The van der Waals surface area contributed by atoms with Crippen LogP contribution < -0.4 is 0 Å². The lowest BCUT2D eigenvalue weighted by atomic mass is 10.1. The van der Waals surface area contributed by atoms with Crippen molar-refractivity contribution in [2.45, 2.75) is 19.0 Å². The van der Waals surface area contributed by atoms with Gasteiger partial charge in [0.25, 0.3) is 0 Å². The van der Waals surface area contributed by atoms with E-state index >= 15 is 0 Å². The number of oxazole rings is 1. The van der Waals surface area contributed by atoms with Crippen molar-refractivity contribution in [1.29, 1.82) is 0 Å². The Kier molecular flexibility index (Phi) is 3.28. The molecule has 1 aromatic carbocycles. The van der Waals surface area contributed by atoms with Crippen LogP contribution in [0.2, 0.25) is 0 Å². The summed E-state index contributed by atoms with van der Waals surface area (Å²) in [7, 11) is 2.25. The quantitative estimate of drug-likeness (QED) is 0.866. The minimum atomic E-state index is 0.724. The number of rotatable bonds is 3. The molecule has 2 aliphatic rings. The molecule has 3 heterocycles. The van der Waals surface area contributed by atoms with E-state index in [-0.39, 0.29) is 0 Å². The number of hydrogen-bond donors (Lipinski definition) is 0. The van der Waals surface area contributed by atoms with E-state index in [0.717, 1.165) is 42.2 Å². The van der Waals surface area contributed by atoms with Gasteiger partial charge in [-0.25, -0.2) is 4.98 Å². The molecule has 0 saturated carbocycles. The number of hydrogen-bond acceptors (Lipinski definition) is 4. The first-order valence-corrected chi connectivity index (χ1v) is 7.72. The Labute approximate surface area is 125 Å². The summed E-state index contributed by atoms with van der Waals surface area (Å²) in [5.41, 5.74) is 2.08. The summed E-state index contributed by atoms with van der Waals surface area (Å²) < 4.78 is 5.63. The molecule has 2 saturated heterocycles. The minimum absolute atomic E-state index is 0.724. The van der Waals surface area contributed by atoms with E-state index in [1.165, 1.54) is 19.5 Å². The molecule has 2 aliphatic heterocycles. The molecule has 0 aliphatic carbocycles. The van der Waals surface area contributed by atoms with E-state index in [1.807, 2.05) is 30.3 Å². The van der Waals surface area contributed by atoms with Gasteiger partial charge in [0.15, 0.2) is 0 Å². The van der Waals surface area contributed by atoms with E-state index in [1.54, 1.807) is 6.26 Å². The molecule has 0 unspecified atom stereocenters. The summed E-state index contributed by atoms with van der Waals surface area (Å²) in [6, 6.07) is 10.8. The zero-order chi connectivity index (χ0) is 14.2. The van der Waals surface area contributed by atoms with Crippen molar-refractivity contribution in [3.63, 3.8) is 0 Å². The highest BCUT2D eigenvalue weighted by molar-refractivity contribution is 5.52. The average Bonchev–Trinajstić information content (AvgIpc) is 3.19. The highest BCUT2D eigenvalue weighted by Gasteiger charge is 2.39. The zero-order valence-corrected chi connectivity index (χ0v) is 12.4. The highest BCUT2D eigenvalue weighted by Crippen LogP contribution is 2.31. The van der Waals surface area contributed by atoms with Gasteiger partial charge in [0, 0.05) is 31.2 Å².